The minimum absolute atomic E-state index is 0.0350. The van der Waals surface area contributed by atoms with E-state index in [-0.39, 0.29) is 28.7 Å². The molecule has 5 rings (SSSR count). The quantitative estimate of drug-likeness (QED) is 0.839. The first-order chi connectivity index (χ1) is 10.8. The highest BCUT2D eigenvalue weighted by Crippen LogP contribution is 2.61. The summed E-state index contributed by atoms with van der Waals surface area (Å²) in [4.78, 5) is 12.5. The fourth-order valence-corrected chi connectivity index (χ4v) is 9.43. The summed E-state index contributed by atoms with van der Waals surface area (Å²) < 4.78 is 23.4. The number of carbonyl (C=O) groups excluding carboxylic acids is 1. The molecule has 0 radical (unpaired) electrons. The molecule has 0 aromatic heterocycles. The minimum atomic E-state index is -2.93. The summed E-state index contributed by atoms with van der Waals surface area (Å²) in [7, 11) is -2.93. The molecule has 4 saturated carbocycles. The van der Waals surface area contributed by atoms with Gasteiger partial charge in [-0.1, -0.05) is 0 Å². The summed E-state index contributed by atoms with van der Waals surface area (Å²) in [6.07, 6.45) is 8.70. The normalized spacial score (nSPS) is 45.1. The highest BCUT2D eigenvalue weighted by Gasteiger charge is 2.52. The van der Waals surface area contributed by atoms with Crippen LogP contribution in [0.1, 0.15) is 51.9 Å². The number of amides is 1. The van der Waals surface area contributed by atoms with Crippen LogP contribution in [0.2, 0.25) is 0 Å². The molecule has 0 spiro atoms. The number of rotatable bonds is 4. The summed E-state index contributed by atoms with van der Waals surface area (Å²) in [5.74, 6) is 3.05. The number of sulfone groups is 1. The molecular weight excluding hydrogens is 330 g/mol. The molecule has 4 bridgehead atoms. The molecular formula is C17H27NO3S2. The highest BCUT2D eigenvalue weighted by atomic mass is 32.2. The van der Waals surface area contributed by atoms with Gasteiger partial charge < -0.3 is 5.32 Å². The van der Waals surface area contributed by atoms with Crippen molar-refractivity contribution in [3.8, 4) is 0 Å². The zero-order valence-corrected chi connectivity index (χ0v) is 15.4. The van der Waals surface area contributed by atoms with E-state index < -0.39 is 9.84 Å². The molecule has 0 unspecified atom stereocenters. The van der Waals surface area contributed by atoms with E-state index in [0.29, 0.717) is 11.2 Å². The lowest BCUT2D eigenvalue weighted by molar-refractivity contribution is -0.120. The van der Waals surface area contributed by atoms with Crippen LogP contribution in [0.3, 0.4) is 0 Å². The predicted octanol–water partition coefficient (Wildman–Crippen LogP) is 2.38. The van der Waals surface area contributed by atoms with Crippen LogP contribution in [0.25, 0.3) is 0 Å². The van der Waals surface area contributed by atoms with Crippen molar-refractivity contribution in [1.82, 2.24) is 5.32 Å². The molecule has 23 heavy (non-hydrogen) atoms. The summed E-state index contributed by atoms with van der Waals surface area (Å²) in [5.41, 5.74) is 0. The largest absolute Gasteiger partial charge is 0.351 e. The van der Waals surface area contributed by atoms with Crippen LogP contribution in [-0.4, -0.2) is 41.9 Å². The lowest BCUT2D eigenvalue weighted by Crippen LogP contribution is -2.50. The van der Waals surface area contributed by atoms with E-state index >= 15 is 0 Å². The van der Waals surface area contributed by atoms with E-state index in [1.165, 1.54) is 38.5 Å². The molecule has 130 valence electrons. The van der Waals surface area contributed by atoms with Gasteiger partial charge in [0.2, 0.25) is 5.91 Å². The van der Waals surface area contributed by atoms with E-state index in [9.17, 15) is 13.2 Å². The van der Waals surface area contributed by atoms with Crippen molar-refractivity contribution in [2.75, 3.05) is 11.5 Å². The molecule has 6 heteroatoms. The molecule has 1 heterocycles. The molecule has 4 aliphatic carbocycles. The first-order valence-electron chi connectivity index (χ1n) is 9.01. The van der Waals surface area contributed by atoms with Crippen molar-refractivity contribution in [2.45, 2.75) is 67.9 Å². The van der Waals surface area contributed by atoms with Crippen molar-refractivity contribution in [1.29, 1.82) is 0 Å². The maximum absolute atomic E-state index is 12.5. The van der Waals surface area contributed by atoms with Gasteiger partial charge in [-0.05, 0) is 69.6 Å². The van der Waals surface area contributed by atoms with Gasteiger partial charge in [0.25, 0.3) is 0 Å². The molecule has 1 N–H and O–H groups in total. The average molecular weight is 358 g/mol. The van der Waals surface area contributed by atoms with E-state index in [4.69, 9.17) is 0 Å². The Balaban J connectivity index is 1.36. The summed E-state index contributed by atoms with van der Waals surface area (Å²) in [6, 6.07) is -0.174. The Hall–Kier alpha value is -0.230. The van der Waals surface area contributed by atoms with Crippen LogP contribution in [0.5, 0.6) is 0 Å². The van der Waals surface area contributed by atoms with E-state index in [0.717, 1.165) is 17.8 Å². The minimum Gasteiger partial charge on any atom is -0.351 e. The Kier molecular flexibility index (Phi) is 3.99. The Morgan fingerprint density at radius 2 is 1.70 bits per heavy atom. The third-order valence-corrected chi connectivity index (χ3v) is 9.69. The maximum atomic E-state index is 12.5. The van der Waals surface area contributed by atoms with Crippen molar-refractivity contribution in [3.63, 3.8) is 0 Å². The van der Waals surface area contributed by atoms with Gasteiger partial charge in [-0.15, -0.1) is 11.8 Å². The van der Waals surface area contributed by atoms with Gasteiger partial charge in [-0.3, -0.25) is 4.79 Å². The van der Waals surface area contributed by atoms with Gasteiger partial charge in [0, 0.05) is 10.8 Å². The van der Waals surface area contributed by atoms with Crippen LogP contribution >= 0.6 is 11.8 Å². The monoisotopic (exact) mass is 357 g/mol. The second-order valence-corrected chi connectivity index (χ2v) is 12.5. The topological polar surface area (TPSA) is 63.2 Å². The predicted molar refractivity (Wildman–Crippen MR) is 93.2 cm³/mol. The molecule has 1 aliphatic heterocycles. The van der Waals surface area contributed by atoms with Crippen molar-refractivity contribution < 1.29 is 13.2 Å². The zero-order valence-electron chi connectivity index (χ0n) is 13.8. The first-order valence-corrected chi connectivity index (χ1v) is 11.7. The van der Waals surface area contributed by atoms with E-state index in [2.05, 4.69) is 5.32 Å². The third kappa shape index (κ3) is 3.30. The molecule has 2 atom stereocenters. The van der Waals surface area contributed by atoms with Gasteiger partial charge in [0.05, 0.1) is 16.8 Å². The van der Waals surface area contributed by atoms with E-state index in [1.54, 1.807) is 0 Å². The standard InChI is InChI=1S/C17H27NO3S2/c1-11(16(19)18-15-2-3-23(20,21)10-15)22-17-7-12-4-13(8-17)6-14(5-12)9-17/h11-15H,2-10H2,1H3,(H,18,19)/t11-,12?,13?,14?,15-,17?/m0/s1. The highest BCUT2D eigenvalue weighted by molar-refractivity contribution is 8.01. The number of thioether (sulfide) groups is 1. The lowest BCUT2D eigenvalue weighted by Gasteiger charge is -2.57. The van der Waals surface area contributed by atoms with Gasteiger partial charge in [-0.2, -0.15) is 0 Å². The average Bonchev–Trinajstić information content (AvgIpc) is 2.75. The summed E-state index contributed by atoms with van der Waals surface area (Å²) in [5, 5.41) is 2.90. The Labute approximate surface area is 143 Å². The molecule has 0 aromatic rings. The van der Waals surface area contributed by atoms with Crippen molar-refractivity contribution in [2.24, 2.45) is 17.8 Å². The van der Waals surface area contributed by atoms with Crippen molar-refractivity contribution >= 4 is 27.5 Å². The second kappa shape index (κ2) is 5.65. The SMILES string of the molecule is C[C@H](SC12CC3CC(CC(C3)C1)C2)C(=O)N[C@H]1CCS(=O)(=O)C1. The van der Waals surface area contributed by atoms with Gasteiger partial charge >= 0.3 is 0 Å². The van der Waals surface area contributed by atoms with Crippen molar-refractivity contribution in [3.05, 3.63) is 0 Å². The van der Waals surface area contributed by atoms with Crippen LogP contribution < -0.4 is 5.32 Å². The first kappa shape index (κ1) is 16.2. The van der Waals surface area contributed by atoms with Gasteiger partial charge in [0.15, 0.2) is 9.84 Å². The summed E-state index contributed by atoms with van der Waals surface area (Å²) >= 11 is 1.89. The Morgan fingerprint density at radius 1 is 1.13 bits per heavy atom. The third-order valence-electron chi connectivity index (χ3n) is 6.36. The van der Waals surface area contributed by atoms with Gasteiger partial charge in [0.1, 0.15) is 0 Å². The Bertz CT molecular complexity index is 566. The number of hydrogen-bond donors (Lipinski definition) is 1. The maximum Gasteiger partial charge on any atom is 0.233 e. The zero-order chi connectivity index (χ0) is 16.2. The van der Waals surface area contributed by atoms with Crippen LogP contribution in [0.4, 0.5) is 0 Å². The molecule has 5 aliphatic rings. The smallest absolute Gasteiger partial charge is 0.233 e. The molecule has 0 aromatic carbocycles. The number of nitrogens with one attached hydrogen (secondary N) is 1. The molecule has 1 saturated heterocycles. The van der Waals surface area contributed by atoms with Crippen LogP contribution in [0.15, 0.2) is 0 Å². The molecule has 4 nitrogen and oxygen atoms in total. The molecule has 1 amide bonds. The fourth-order valence-electron chi connectivity index (χ4n) is 5.83. The fraction of sp³-hybridized carbons (Fsp3) is 0.941. The Morgan fingerprint density at radius 3 is 2.17 bits per heavy atom. The number of carbonyl (C=O) groups is 1. The van der Waals surface area contributed by atoms with E-state index in [1.807, 2.05) is 18.7 Å². The number of hydrogen-bond acceptors (Lipinski definition) is 4. The van der Waals surface area contributed by atoms with Gasteiger partial charge in [-0.25, -0.2) is 8.42 Å². The molecule has 5 fully saturated rings. The lowest BCUT2D eigenvalue weighted by atomic mass is 9.56. The second-order valence-electron chi connectivity index (χ2n) is 8.47. The summed E-state index contributed by atoms with van der Waals surface area (Å²) in [6.45, 7) is 2.00. The van der Waals surface area contributed by atoms with Crippen LogP contribution in [0, 0.1) is 17.8 Å². The van der Waals surface area contributed by atoms with Crippen LogP contribution in [-0.2, 0) is 14.6 Å².